The zero-order valence-electron chi connectivity index (χ0n) is 15.2. The molecule has 0 aliphatic carbocycles. The summed E-state index contributed by atoms with van der Waals surface area (Å²) in [4.78, 5) is 4.65. The van der Waals surface area contributed by atoms with Crippen molar-refractivity contribution in [1.82, 2.24) is 9.29 Å². The Kier molecular flexibility index (Phi) is 5.43. The molecule has 1 saturated heterocycles. The Morgan fingerprint density at radius 3 is 2.43 bits per heavy atom. The van der Waals surface area contributed by atoms with E-state index in [0.29, 0.717) is 43.6 Å². The molecule has 28 heavy (non-hydrogen) atoms. The Labute approximate surface area is 163 Å². The van der Waals surface area contributed by atoms with E-state index in [1.807, 2.05) is 30.3 Å². The summed E-state index contributed by atoms with van der Waals surface area (Å²) >= 11 is 0. The van der Waals surface area contributed by atoms with Crippen molar-refractivity contribution in [2.24, 2.45) is 0 Å². The van der Waals surface area contributed by atoms with Crippen LogP contribution < -0.4 is 4.74 Å². The zero-order valence-corrected chi connectivity index (χ0v) is 16.0. The first-order valence-electron chi connectivity index (χ1n) is 8.93. The molecule has 1 aromatic heterocycles. The molecule has 1 aliphatic heterocycles. The van der Waals surface area contributed by atoms with E-state index in [1.54, 1.807) is 30.5 Å². The molecule has 1 fully saturated rings. The third-order valence-electron chi connectivity index (χ3n) is 4.39. The van der Waals surface area contributed by atoms with Gasteiger partial charge in [0.25, 0.3) is 0 Å². The predicted molar refractivity (Wildman–Crippen MR) is 102 cm³/mol. The summed E-state index contributed by atoms with van der Waals surface area (Å²) < 4.78 is 43.1. The Morgan fingerprint density at radius 2 is 1.71 bits per heavy atom. The number of oxazole rings is 1. The topological polar surface area (TPSA) is 81.9 Å². The van der Waals surface area contributed by atoms with Gasteiger partial charge in [0.05, 0.1) is 18.1 Å². The number of sulfonamides is 1. The van der Waals surface area contributed by atoms with Crippen LogP contribution >= 0.6 is 0 Å². The fourth-order valence-electron chi connectivity index (χ4n) is 2.89. The summed E-state index contributed by atoms with van der Waals surface area (Å²) in [7, 11) is -3.50. The van der Waals surface area contributed by atoms with Crippen molar-refractivity contribution in [3.8, 4) is 17.2 Å². The van der Waals surface area contributed by atoms with Crippen LogP contribution in [0, 0.1) is 0 Å². The lowest BCUT2D eigenvalue weighted by atomic mass is 10.2. The van der Waals surface area contributed by atoms with Gasteiger partial charge in [0.15, 0.2) is 0 Å². The van der Waals surface area contributed by atoms with Gasteiger partial charge in [-0.15, -0.1) is 0 Å². The van der Waals surface area contributed by atoms with Crippen LogP contribution in [0.1, 0.15) is 5.69 Å². The Bertz CT molecular complexity index is 1010. The van der Waals surface area contributed by atoms with E-state index in [1.165, 1.54) is 4.31 Å². The van der Waals surface area contributed by atoms with Gasteiger partial charge in [-0.25, -0.2) is 13.4 Å². The number of nitrogens with zero attached hydrogens (tertiary/aromatic N) is 2. The van der Waals surface area contributed by atoms with E-state index in [0.717, 1.165) is 5.56 Å². The average molecular weight is 400 g/mol. The second-order valence-electron chi connectivity index (χ2n) is 6.29. The summed E-state index contributed by atoms with van der Waals surface area (Å²) in [6, 6.07) is 16.0. The molecule has 146 valence electrons. The molecule has 0 saturated carbocycles. The van der Waals surface area contributed by atoms with Gasteiger partial charge in [0, 0.05) is 18.7 Å². The number of rotatable bonds is 6. The van der Waals surface area contributed by atoms with Gasteiger partial charge in [-0.1, -0.05) is 18.2 Å². The summed E-state index contributed by atoms with van der Waals surface area (Å²) in [5.41, 5.74) is 1.55. The molecule has 0 N–H and O–H groups in total. The van der Waals surface area contributed by atoms with Crippen molar-refractivity contribution in [3.05, 3.63) is 66.6 Å². The normalized spacial score (nSPS) is 15.4. The molecule has 0 radical (unpaired) electrons. The van der Waals surface area contributed by atoms with Crippen molar-refractivity contribution in [2.45, 2.75) is 11.5 Å². The molecule has 2 heterocycles. The highest BCUT2D eigenvalue weighted by atomic mass is 32.2. The van der Waals surface area contributed by atoms with Gasteiger partial charge in [-0.05, 0) is 36.4 Å². The lowest BCUT2D eigenvalue weighted by molar-refractivity contribution is 0.0730. The van der Waals surface area contributed by atoms with Crippen molar-refractivity contribution in [2.75, 3.05) is 26.3 Å². The van der Waals surface area contributed by atoms with E-state index in [4.69, 9.17) is 13.9 Å². The molecule has 0 amide bonds. The van der Waals surface area contributed by atoms with Crippen LogP contribution in [0.4, 0.5) is 0 Å². The molecular formula is C20H20N2O5S. The highest BCUT2D eigenvalue weighted by molar-refractivity contribution is 7.89. The predicted octanol–water partition coefficient (Wildman–Crippen LogP) is 2.94. The number of aromatic nitrogens is 1. The molecule has 3 aromatic rings. The molecule has 0 atom stereocenters. The minimum absolute atomic E-state index is 0.228. The van der Waals surface area contributed by atoms with Gasteiger partial charge in [-0.3, -0.25) is 0 Å². The Balaban J connectivity index is 1.39. The van der Waals surface area contributed by atoms with E-state index in [-0.39, 0.29) is 11.5 Å². The molecule has 1 aliphatic rings. The summed E-state index contributed by atoms with van der Waals surface area (Å²) in [6.45, 7) is 1.81. The first kappa shape index (κ1) is 18.7. The van der Waals surface area contributed by atoms with E-state index >= 15 is 0 Å². The molecule has 2 aromatic carbocycles. The molecule has 8 heteroatoms. The fourth-order valence-corrected chi connectivity index (χ4v) is 4.30. The van der Waals surface area contributed by atoms with Crippen molar-refractivity contribution >= 4 is 10.0 Å². The minimum Gasteiger partial charge on any atom is -0.487 e. The molecule has 0 spiro atoms. The lowest BCUT2D eigenvalue weighted by Crippen LogP contribution is -2.40. The van der Waals surface area contributed by atoms with Crippen molar-refractivity contribution < 1.29 is 22.3 Å². The van der Waals surface area contributed by atoms with Gasteiger partial charge in [0.1, 0.15) is 24.3 Å². The number of hydrogen-bond acceptors (Lipinski definition) is 6. The summed E-state index contributed by atoms with van der Waals surface area (Å²) in [6.07, 6.45) is 1.56. The second kappa shape index (κ2) is 8.14. The largest absolute Gasteiger partial charge is 0.487 e. The molecule has 7 nitrogen and oxygen atoms in total. The van der Waals surface area contributed by atoms with Gasteiger partial charge < -0.3 is 13.9 Å². The van der Waals surface area contributed by atoms with Crippen LogP contribution in [-0.4, -0.2) is 44.0 Å². The van der Waals surface area contributed by atoms with Gasteiger partial charge >= 0.3 is 0 Å². The van der Waals surface area contributed by atoms with E-state index < -0.39 is 10.0 Å². The molecule has 4 rings (SSSR count). The smallest absolute Gasteiger partial charge is 0.243 e. The van der Waals surface area contributed by atoms with Crippen LogP contribution in [-0.2, 0) is 21.4 Å². The van der Waals surface area contributed by atoms with Crippen LogP contribution in [0.25, 0.3) is 11.5 Å². The lowest BCUT2D eigenvalue weighted by Gasteiger charge is -2.26. The summed E-state index contributed by atoms with van der Waals surface area (Å²) in [5, 5.41) is 0. The van der Waals surface area contributed by atoms with E-state index in [2.05, 4.69) is 4.98 Å². The van der Waals surface area contributed by atoms with Crippen molar-refractivity contribution in [1.29, 1.82) is 0 Å². The number of hydrogen-bond donors (Lipinski definition) is 0. The first-order chi connectivity index (χ1) is 13.6. The summed E-state index contributed by atoms with van der Waals surface area (Å²) in [5.74, 6) is 1.09. The number of morpholine rings is 1. The molecule has 0 bridgehead atoms. The maximum absolute atomic E-state index is 12.6. The average Bonchev–Trinajstić information content (AvgIpc) is 3.23. The Hall–Kier alpha value is -2.68. The SMILES string of the molecule is O=S(=O)(c1ccc(OCc2coc(-c3ccccc3)n2)cc1)N1CCOCC1. The maximum atomic E-state index is 12.6. The third kappa shape index (κ3) is 4.09. The molecule has 0 unspecified atom stereocenters. The monoisotopic (exact) mass is 400 g/mol. The highest BCUT2D eigenvalue weighted by Crippen LogP contribution is 2.22. The maximum Gasteiger partial charge on any atom is 0.243 e. The quantitative estimate of drug-likeness (QED) is 0.633. The minimum atomic E-state index is -3.50. The van der Waals surface area contributed by atoms with Crippen LogP contribution in [0.3, 0.4) is 0 Å². The van der Waals surface area contributed by atoms with Crippen LogP contribution in [0.15, 0.2) is 70.2 Å². The number of ether oxygens (including phenoxy) is 2. The van der Waals surface area contributed by atoms with Gasteiger partial charge in [-0.2, -0.15) is 4.31 Å². The highest BCUT2D eigenvalue weighted by Gasteiger charge is 2.26. The van der Waals surface area contributed by atoms with Gasteiger partial charge in [0.2, 0.25) is 15.9 Å². The molecular weight excluding hydrogens is 380 g/mol. The zero-order chi connectivity index (χ0) is 19.4. The first-order valence-corrected chi connectivity index (χ1v) is 10.4. The van der Waals surface area contributed by atoms with Crippen LogP contribution in [0.5, 0.6) is 5.75 Å². The van der Waals surface area contributed by atoms with E-state index in [9.17, 15) is 8.42 Å². The van der Waals surface area contributed by atoms with Crippen molar-refractivity contribution in [3.63, 3.8) is 0 Å². The fraction of sp³-hybridized carbons (Fsp3) is 0.250. The van der Waals surface area contributed by atoms with Crippen LogP contribution in [0.2, 0.25) is 0 Å². The Morgan fingerprint density at radius 1 is 1.00 bits per heavy atom. The number of benzene rings is 2. The second-order valence-corrected chi connectivity index (χ2v) is 8.22. The third-order valence-corrected chi connectivity index (χ3v) is 6.30. The standard InChI is InChI=1S/C20H20N2O5S/c23-28(24,22-10-12-25-13-11-22)19-8-6-18(7-9-19)26-14-17-15-27-20(21-17)16-4-2-1-3-5-16/h1-9,15H,10-14H2.